The monoisotopic (exact) mass is 333 g/mol. The molecular formula is C12H20IN3. The molecule has 16 heavy (non-hydrogen) atoms. The minimum Gasteiger partial charge on any atom is -0.359 e. The molecule has 0 aromatic heterocycles. The lowest BCUT2D eigenvalue weighted by atomic mass is 10.1. The van der Waals surface area contributed by atoms with Crippen LogP contribution < -0.4 is 5.32 Å². The molecule has 0 aliphatic rings. The first-order valence-corrected chi connectivity index (χ1v) is 5.09. The molecule has 0 aliphatic heterocycles. The van der Waals surface area contributed by atoms with E-state index in [1.807, 2.05) is 14.1 Å². The lowest BCUT2D eigenvalue weighted by molar-refractivity contribution is 0.482. The number of guanidine groups is 1. The number of aliphatic imine (C=N–C) groups is 1. The van der Waals surface area contributed by atoms with Crippen molar-refractivity contribution in [3.8, 4) is 0 Å². The third-order valence-corrected chi connectivity index (χ3v) is 2.47. The molecule has 0 atom stereocenters. The van der Waals surface area contributed by atoms with Gasteiger partial charge in [-0.2, -0.15) is 0 Å². The Hall–Kier alpha value is -0.780. The van der Waals surface area contributed by atoms with E-state index in [4.69, 9.17) is 0 Å². The molecule has 1 rings (SSSR count). The quantitative estimate of drug-likeness (QED) is 0.511. The Morgan fingerprint density at radius 2 is 2.00 bits per heavy atom. The van der Waals surface area contributed by atoms with Crippen molar-refractivity contribution >= 4 is 29.9 Å². The maximum atomic E-state index is 4.16. The molecule has 1 aromatic rings. The number of hydrogen-bond acceptors (Lipinski definition) is 1. The molecule has 0 amide bonds. The predicted molar refractivity (Wildman–Crippen MR) is 80.5 cm³/mol. The largest absolute Gasteiger partial charge is 0.359 e. The van der Waals surface area contributed by atoms with Crippen molar-refractivity contribution < 1.29 is 0 Å². The van der Waals surface area contributed by atoms with Gasteiger partial charge in [-0.25, -0.2) is 0 Å². The van der Waals surface area contributed by atoms with Crippen LogP contribution in [0.1, 0.15) is 11.1 Å². The number of aryl methyl sites for hydroxylation is 1. The molecule has 0 bridgehead atoms. The molecule has 3 nitrogen and oxygen atoms in total. The van der Waals surface area contributed by atoms with E-state index in [-0.39, 0.29) is 24.0 Å². The van der Waals surface area contributed by atoms with E-state index >= 15 is 0 Å². The number of nitrogens with zero attached hydrogens (tertiary/aromatic N) is 2. The zero-order valence-corrected chi connectivity index (χ0v) is 12.6. The van der Waals surface area contributed by atoms with Crippen molar-refractivity contribution in [3.05, 3.63) is 35.4 Å². The molecule has 0 spiro atoms. The van der Waals surface area contributed by atoms with Crippen molar-refractivity contribution in [3.63, 3.8) is 0 Å². The Bertz CT molecular complexity index is 350. The lowest BCUT2D eigenvalue weighted by Crippen LogP contribution is -2.36. The maximum absolute atomic E-state index is 4.16. The van der Waals surface area contributed by atoms with E-state index in [2.05, 4.69) is 46.4 Å². The molecule has 1 N–H and O–H groups in total. The minimum atomic E-state index is 0. The van der Waals surface area contributed by atoms with E-state index in [9.17, 15) is 0 Å². The smallest absolute Gasteiger partial charge is 0.193 e. The number of benzene rings is 1. The first-order valence-electron chi connectivity index (χ1n) is 5.09. The van der Waals surface area contributed by atoms with Gasteiger partial charge in [0.15, 0.2) is 5.96 Å². The summed E-state index contributed by atoms with van der Waals surface area (Å²) in [6.07, 6.45) is 0. The summed E-state index contributed by atoms with van der Waals surface area (Å²) in [5, 5.41) is 3.07. The molecule has 90 valence electrons. The fraction of sp³-hybridized carbons (Fsp3) is 0.417. The van der Waals surface area contributed by atoms with Crippen molar-refractivity contribution in [2.75, 3.05) is 21.1 Å². The average Bonchev–Trinajstić information content (AvgIpc) is 2.23. The van der Waals surface area contributed by atoms with E-state index < -0.39 is 0 Å². The van der Waals surface area contributed by atoms with E-state index in [0.717, 1.165) is 12.5 Å². The van der Waals surface area contributed by atoms with E-state index in [1.54, 1.807) is 7.05 Å². The Kier molecular flexibility index (Phi) is 7.12. The molecule has 0 heterocycles. The van der Waals surface area contributed by atoms with Crippen LogP contribution in [-0.4, -0.2) is 32.0 Å². The van der Waals surface area contributed by atoms with Crippen LogP contribution >= 0.6 is 24.0 Å². The summed E-state index contributed by atoms with van der Waals surface area (Å²) in [4.78, 5) is 6.26. The SMILES string of the molecule is CN=C(NC)N(C)Cc1ccccc1C.I. The fourth-order valence-electron chi connectivity index (χ4n) is 1.59. The van der Waals surface area contributed by atoms with Crippen LogP contribution in [0.15, 0.2) is 29.3 Å². The summed E-state index contributed by atoms with van der Waals surface area (Å²) in [6, 6.07) is 8.41. The van der Waals surface area contributed by atoms with Gasteiger partial charge in [0.05, 0.1) is 0 Å². The summed E-state index contributed by atoms with van der Waals surface area (Å²) in [7, 11) is 5.71. The standard InChI is InChI=1S/C12H19N3.HI/c1-10-7-5-6-8-11(10)9-15(4)12(13-2)14-3;/h5-8H,9H2,1-4H3,(H,13,14);1H. The number of nitrogens with one attached hydrogen (secondary N) is 1. The number of hydrogen-bond donors (Lipinski definition) is 1. The first kappa shape index (κ1) is 15.2. The Morgan fingerprint density at radius 1 is 1.38 bits per heavy atom. The Balaban J connectivity index is 0.00000225. The van der Waals surface area contributed by atoms with Gasteiger partial charge in [0.25, 0.3) is 0 Å². The Morgan fingerprint density at radius 3 is 2.50 bits per heavy atom. The Labute approximate surface area is 115 Å². The summed E-state index contributed by atoms with van der Waals surface area (Å²) in [5.41, 5.74) is 2.65. The first-order chi connectivity index (χ1) is 7.19. The van der Waals surface area contributed by atoms with Crippen LogP contribution in [-0.2, 0) is 6.54 Å². The zero-order valence-electron chi connectivity index (χ0n) is 10.3. The van der Waals surface area contributed by atoms with Gasteiger partial charge in [-0.05, 0) is 18.1 Å². The van der Waals surface area contributed by atoms with Gasteiger partial charge >= 0.3 is 0 Å². The van der Waals surface area contributed by atoms with Crippen LogP contribution in [0, 0.1) is 6.92 Å². The zero-order chi connectivity index (χ0) is 11.3. The van der Waals surface area contributed by atoms with E-state index in [1.165, 1.54) is 11.1 Å². The molecule has 0 aliphatic carbocycles. The highest BCUT2D eigenvalue weighted by molar-refractivity contribution is 14.0. The lowest BCUT2D eigenvalue weighted by Gasteiger charge is -2.21. The van der Waals surface area contributed by atoms with Crippen molar-refractivity contribution in [2.24, 2.45) is 4.99 Å². The molecule has 0 radical (unpaired) electrons. The highest BCUT2D eigenvalue weighted by atomic mass is 127. The highest BCUT2D eigenvalue weighted by Gasteiger charge is 2.05. The van der Waals surface area contributed by atoms with Crippen LogP contribution in [0.25, 0.3) is 0 Å². The molecule has 0 fully saturated rings. The van der Waals surface area contributed by atoms with Crippen LogP contribution in [0.5, 0.6) is 0 Å². The van der Waals surface area contributed by atoms with Crippen molar-refractivity contribution in [1.82, 2.24) is 10.2 Å². The van der Waals surface area contributed by atoms with Gasteiger partial charge in [-0.1, -0.05) is 24.3 Å². The molecule has 1 aromatic carbocycles. The van der Waals surface area contributed by atoms with Gasteiger partial charge in [-0.3, -0.25) is 4.99 Å². The molecular weight excluding hydrogens is 313 g/mol. The van der Waals surface area contributed by atoms with Gasteiger partial charge < -0.3 is 10.2 Å². The third kappa shape index (κ3) is 4.00. The summed E-state index contributed by atoms with van der Waals surface area (Å²) in [6.45, 7) is 3.01. The van der Waals surface area contributed by atoms with Crippen molar-refractivity contribution in [2.45, 2.75) is 13.5 Å². The molecule has 0 saturated heterocycles. The molecule has 4 heteroatoms. The van der Waals surface area contributed by atoms with Crippen LogP contribution in [0.2, 0.25) is 0 Å². The number of halogens is 1. The normalized spacial score (nSPS) is 10.6. The van der Waals surface area contributed by atoms with Crippen LogP contribution in [0.3, 0.4) is 0 Å². The molecule has 0 unspecified atom stereocenters. The molecule has 0 saturated carbocycles. The second-order valence-corrected chi connectivity index (χ2v) is 3.58. The number of rotatable bonds is 2. The highest BCUT2D eigenvalue weighted by Crippen LogP contribution is 2.09. The fourth-order valence-corrected chi connectivity index (χ4v) is 1.59. The maximum Gasteiger partial charge on any atom is 0.193 e. The summed E-state index contributed by atoms with van der Waals surface area (Å²) < 4.78 is 0. The topological polar surface area (TPSA) is 27.6 Å². The van der Waals surface area contributed by atoms with E-state index in [0.29, 0.717) is 0 Å². The summed E-state index contributed by atoms with van der Waals surface area (Å²) >= 11 is 0. The summed E-state index contributed by atoms with van der Waals surface area (Å²) in [5.74, 6) is 0.901. The second kappa shape index (κ2) is 7.49. The van der Waals surface area contributed by atoms with Gasteiger partial charge in [0.2, 0.25) is 0 Å². The van der Waals surface area contributed by atoms with Crippen molar-refractivity contribution in [1.29, 1.82) is 0 Å². The second-order valence-electron chi connectivity index (χ2n) is 3.58. The third-order valence-electron chi connectivity index (χ3n) is 2.47. The average molecular weight is 333 g/mol. The van der Waals surface area contributed by atoms with Gasteiger partial charge in [-0.15, -0.1) is 24.0 Å². The van der Waals surface area contributed by atoms with Crippen LogP contribution in [0.4, 0.5) is 0 Å². The predicted octanol–water partition coefficient (Wildman–Crippen LogP) is 2.25. The van der Waals surface area contributed by atoms with Gasteiger partial charge in [0, 0.05) is 27.7 Å². The van der Waals surface area contributed by atoms with Gasteiger partial charge in [0.1, 0.15) is 0 Å². The minimum absolute atomic E-state index is 0.